The first-order valence-corrected chi connectivity index (χ1v) is 6.26. The summed E-state index contributed by atoms with van der Waals surface area (Å²) in [5.41, 5.74) is 0.495. The Labute approximate surface area is 112 Å². The zero-order chi connectivity index (χ0) is 14.0. The van der Waals surface area contributed by atoms with Crippen molar-refractivity contribution in [2.45, 2.75) is 25.6 Å². The summed E-state index contributed by atoms with van der Waals surface area (Å²) in [7, 11) is 3.40. The second-order valence-corrected chi connectivity index (χ2v) is 4.82. The lowest BCUT2D eigenvalue weighted by atomic mass is 10.1. The van der Waals surface area contributed by atoms with E-state index in [-0.39, 0.29) is 12.1 Å². The van der Waals surface area contributed by atoms with E-state index < -0.39 is 12.2 Å². The van der Waals surface area contributed by atoms with Crippen LogP contribution in [0, 0.1) is 0 Å². The van der Waals surface area contributed by atoms with E-state index in [2.05, 4.69) is 0 Å². The number of carbonyl (C=O) groups excluding carboxylic acids is 2. The summed E-state index contributed by atoms with van der Waals surface area (Å²) in [6, 6.07) is 8.71. The minimum absolute atomic E-state index is 0.0530. The maximum atomic E-state index is 12.0. The van der Waals surface area contributed by atoms with Crippen molar-refractivity contribution < 1.29 is 14.3 Å². The topological polar surface area (TPSA) is 49.9 Å². The molecule has 0 spiro atoms. The van der Waals surface area contributed by atoms with Crippen molar-refractivity contribution in [3.05, 3.63) is 35.9 Å². The van der Waals surface area contributed by atoms with E-state index in [0.29, 0.717) is 12.0 Å². The molecule has 1 fully saturated rings. The average molecular weight is 262 g/mol. The Morgan fingerprint density at radius 2 is 1.84 bits per heavy atom. The first-order chi connectivity index (χ1) is 9.00. The maximum Gasteiger partial charge on any atom is 0.340 e. The minimum atomic E-state index is -0.508. The summed E-state index contributed by atoms with van der Waals surface area (Å²) in [6.07, 6.45) is 0.100. The van der Waals surface area contributed by atoms with Crippen LogP contribution >= 0.6 is 0 Å². The first kappa shape index (κ1) is 13.4. The standard InChI is InChI=1S/C14H18N2O3/c1-10-9-12(16(3)14(18)15(10)2)19-13(17)11-7-5-4-6-8-11/h4-8,10,12H,9H2,1-3H3. The van der Waals surface area contributed by atoms with Crippen molar-refractivity contribution in [3.63, 3.8) is 0 Å². The van der Waals surface area contributed by atoms with Gasteiger partial charge < -0.3 is 9.64 Å². The van der Waals surface area contributed by atoms with Gasteiger partial charge in [0, 0.05) is 26.6 Å². The number of hydrogen-bond acceptors (Lipinski definition) is 3. The van der Waals surface area contributed by atoms with Crippen molar-refractivity contribution >= 4 is 12.0 Å². The molecule has 0 radical (unpaired) electrons. The smallest absolute Gasteiger partial charge is 0.340 e. The fourth-order valence-corrected chi connectivity index (χ4v) is 2.06. The molecule has 0 bridgehead atoms. The number of rotatable bonds is 2. The lowest BCUT2D eigenvalue weighted by Gasteiger charge is -2.40. The molecule has 2 rings (SSSR count). The fourth-order valence-electron chi connectivity index (χ4n) is 2.06. The Morgan fingerprint density at radius 1 is 1.21 bits per heavy atom. The van der Waals surface area contributed by atoms with Gasteiger partial charge in [-0.2, -0.15) is 0 Å². The third-order valence-electron chi connectivity index (χ3n) is 3.49. The molecular weight excluding hydrogens is 244 g/mol. The molecule has 1 saturated heterocycles. The second-order valence-electron chi connectivity index (χ2n) is 4.82. The molecule has 1 aromatic carbocycles. The van der Waals surface area contributed by atoms with Crippen LogP contribution in [0.25, 0.3) is 0 Å². The highest BCUT2D eigenvalue weighted by molar-refractivity contribution is 5.89. The van der Waals surface area contributed by atoms with Crippen LogP contribution in [0.15, 0.2) is 30.3 Å². The van der Waals surface area contributed by atoms with Gasteiger partial charge in [0.25, 0.3) is 0 Å². The van der Waals surface area contributed by atoms with E-state index >= 15 is 0 Å². The molecule has 5 heteroatoms. The highest BCUT2D eigenvalue weighted by Crippen LogP contribution is 2.20. The third kappa shape index (κ3) is 2.70. The lowest BCUT2D eigenvalue weighted by Crippen LogP contribution is -2.56. The lowest BCUT2D eigenvalue weighted by molar-refractivity contribution is -0.0411. The van der Waals surface area contributed by atoms with Gasteiger partial charge in [0.2, 0.25) is 0 Å². The summed E-state index contributed by atoms with van der Waals surface area (Å²) in [4.78, 5) is 27.0. The van der Waals surface area contributed by atoms with Gasteiger partial charge in [-0.05, 0) is 19.1 Å². The number of esters is 1. The largest absolute Gasteiger partial charge is 0.438 e. The van der Waals surface area contributed by atoms with E-state index in [1.54, 1.807) is 43.3 Å². The van der Waals surface area contributed by atoms with Crippen molar-refractivity contribution in [3.8, 4) is 0 Å². The molecule has 0 saturated carbocycles. The highest BCUT2D eigenvalue weighted by Gasteiger charge is 2.35. The summed E-state index contributed by atoms with van der Waals surface area (Å²) in [6.45, 7) is 1.94. The molecule has 2 amide bonds. The van der Waals surface area contributed by atoms with Crippen LogP contribution in [0.4, 0.5) is 4.79 Å². The number of carbonyl (C=O) groups is 2. The maximum absolute atomic E-state index is 12.0. The van der Waals surface area contributed by atoms with Crippen molar-refractivity contribution in [2.24, 2.45) is 0 Å². The predicted molar refractivity (Wildman–Crippen MR) is 70.6 cm³/mol. The third-order valence-corrected chi connectivity index (χ3v) is 3.49. The molecule has 5 nitrogen and oxygen atoms in total. The second kappa shape index (κ2) is 5.30. The van der Waals surface area contributed by atoms with Crippen molar-refractivity contribution in [2.75, 3.05) is 14.1 Å². The molecule has 1 aliphatic heterocycles. The molecule has 0 aromatic heterocycles. The van der Waals surface area contributed by atoms with E-state index in [1.807, 2.05) is 13.0 Å². The summed E-state index contributed by atoms with van der Waals surface area (Å²) < 4.78 is 5.42. The van der Waals surface area contributed by atoms with Crippen LogP contribution in [0.2, 0.25) is 0 Å². The van der Waals surface area contributed by atoms with Gasteiger partial charge in [-0.25, -0.2) is 9.59 Å². The number of benzene rings is 1. The first-order valence-electron chi connectivity index (χ1n) is 6.26. The normalized spacial score (nSPS) is 23.4. The van der Waals surface area contributed by atoms with Gasteiger partial charge in [0.05, 0.1) is 5.56 Å². The number of amides is 2. The quantitative estimate of drug-likeness (QED) is 0.765. The Morgan fingerprint density at radius 3 is 2.47 bits per heavy atom. The molecule has 2 atom stereocenters. The van der Waals surface area contributed by atoms with Gasteiger partial charge in [-0.15, -0.1) is 0 Å². The summed E-state index contributed by atoms with van der Waals surface area (Å²) in [5, 5.41) is 0. The van der Waals surface area contributed by atoms with E-state index in [1.165, 1.54) is 4.90 Å². The number of nitrogens with zero attached hydrogens (tertiary/aromatic N) is 2. The van der Waals surface area contributed by atoms with Gasteiger partial charge in [0.1, 0.15) is 0 Å². The van der Waals surface area contributed by atoms with Crippen LogP contribution in [0.3, 0.4) is 0 Å². The molecule has 2 unspecified atom stereocenters. The van der Waals surface area contributed by atoms with Crippen LogP contribution in [-0.2, 0) is 4.74 Å². The van der Waals surface area contributed by atoms with Gasteiger partial charge in [-0.1, -0.05) is 18.2 Å². The monoisotopic (exact) mass is 262 g/mol. The van der Waals surface area contributed by atoms with Gasteiger partial charge in [-0.3, -0.25) is 4.90 Å². The zero-order valence-electron chi connectivity index (χ0n) is 11.4. The Balaban J connectivity index is 2.07. The SMILES string of the molecule is CC1CC(OC(=O)c2ccccc2)N(C)C(=O)N1C. The van der Waals surface area contributed by atoms with Crippen molar-refractivity contribution in [1.82, 2.24) is 9.80 Å². The van der Waals surface area contributed by atoms with E-state index in [4.69, 9.17) is 4.74 Å². The van der Waals surface area contributed by atoms with Gasteiger partial charge in [0.15, 0.2) is 6.23 Å². The molecule has 1 aromatic rings. The average Bonchev–Trinajstić information content (AvgIpc) is 2.43. The molecular formula is C14H18N2O3. The fraction of sp³-hybridized carbons (Fsp3) is 0.429. The number of ether oxygens (including phenoxy) is 1. The van der Waals surface area contributed by atoms with Crippen LogP contribution in [0.5, 0.6) is 0 Å². The Hall–Kier alpha value is -2.04. The van der Waals surface area contributed by atoms with E-state index in [0.717, 1.165) is 0 Å². The Kier molecular flexibility index (Phi) is 3.74. The zero-order valence-corrected chi connectivity index (χ0v) is 11.4. The van der Waals surface area contributed by atoms with Crippen LogP contribution in [-0.4, -0.2) is 48.2 Å². The summed E-state index contributed by atoms with van der Waals surface area (Å²) >= 11 is 0. The van der Waals surface area contributed by atoms with Crippen LogP contribution in [0.1, 0.15) is 23.7 Å². The van der Waals surface area contributed by atoms with E-state index in [9.17, 15) is 9.59 Å². The molecule has 1 aliphatic rings. The highest BCUT2D eigenvalue weighted by atomic mass is 16.6. The molecule has 1 heterocycles. The number of urea groups is 1. The molecule has 102 valence electrons. The Bertz CT molecular complexity index is 475. The molecule has 0 N–H and O–H groups in total. The number of hydrogen-bond donors (Lipinski definition) is 0. The molecule has 19 heavy (non-hydrogen) atoms. The molecule has 0 aliphatic carbocycles. The van der Waals surface area contributed by atoms with Crippen molar-refractivity contribution in [1.29, 1.82) is 0 Å². The predicted octanol–water partition coefficient (Wildman–Crippen LogP) is 1.95. The minimum Gasteiger partial charge on any atom is -0.438 e. The summed E-state index contributed by atoms with van der Waals surface area (Å²) in [5.74, 6) is -0.401. The van der Waals surface area contributed by atoms with Gasteiger partial charge >= 0.3 is 12.0 Å². The van der Waals surface area contributed by atoms with Crippen LogP contribution < -0.4 is 0 Å².